The van der Waals surface area contributed by atoms with Crippen molar-refractivity contribution in [1.82, 2.24) is 5.32 Å². The molecule has 15 heavy (non-hydrogen) atoms. The highest BCUT2D eigenvalue weighted by atomic mass is 79.9. The molecule has 2 rings (SSSR count). The molecule has 1 aliphatic rings. The molecule has 1 aromatic carbocycles. The fourth-order valence-electron chi connectivity index (χ4n) is 1.96. The number of Topliss-reactive ketones (excluding diaryl/α,β-unsaturated/α-hetero) is 1. The van der Waals surface area contributed by atoms with Crippen molar-refractivity contribution in [2.75, 3.05) is 13.1 Å². The molecule has 0 saturated carbocycles. The van der Waals surface area contributed by atoms with Crippen LogP contribution in [0.25, 0.3) is 0 Å². The molecular formula is C12H14BrNO. The van der Waals surface area contributed by atoms with Crippen molar-refractivity contribution in [3.63, 3.8) is 0 Å². The Morgan fingerprint density at radius 1 is 1.53 bits per heavy atom. The van der Waals surface area contributed by atoms with E-state index in [1.54, 1.807) is 0 Å². The fourth-order valence-corrected chi connectivity index (χ4v) is 2.32. The van der Waals surface area contributed by atoms with Gasteiger partial charge in [0.25, 0.3) is 0 Å². The van der Waals surface area contributed by atoms with Gasteiger partial charge in [-0.25, -0.2) is 0 Å². The summed E-state index contributed by atoms with van der Waals surface area (Å²) in [5.74, 6) is 0.441. The van der Waals surface area contributed by atoms with Gasteiger partial charge >= 0.3 is 0 Å². The van der Waals surface area contributed by atoms with Crippen LogP contribution >= 0.6 is 15.9 Å². The number of ketones is 1. The van der Waals surface area contributed by atoms with Crippen molar-refractivity contribution < 1.29 is 4.79 Å². The van der Waals surface area contributed by atoms with E-state index >= 15 is 0 Å². The van der Waals surface area contributed by atoms with Crippen molar-refractivity contribution in [3.05, 3.63) is 33.8 Å². The van der Waals surface area contributed by atoms with Crippen LogP contribution in [-0.4, -0.2) is 18.9 Å². The summed E-state index contributed by atoms with van der Waals surface area (Å²) in [6.45, 7) is 3.77. The average molecular weight is 268 g/mol. The highest BCUT2D eigenvalue weighted by molar-refractivity contribution is 9.10. The molecule has 1 aliphatic heterocycles. The molecule has 0 bridgehead atoms. The van der Waals surface area contributed by atoms with Crippen LogP contribution in [-0.2, 0) is 0 Å². The van der Waals surface area contributed by atoms with Crippen LogP contribution in [0, 0.1) is 12.8 Å². The van der Waals surface area contributed by atoms with Gasteiger partial charge in [0.05, 0.1) is 0 Å². The van der Waals surface area contributed by atoms with Gasteiger partial charge in [0.2, 0.25) is 0 Å². The van der Waals surface area contributed by atoms with Crippen molar-refractivity contribution >= 4 is 21.7 Å². The third-order valence-corrected chi connectivity index (χ3v) is 3.39. The number of carbonyl (C=O) groups is 1. The molecule has 0 amide bonds. The van der Waals surface area contributed by atoms with Gasteiger partial charge in [-0.2, -0.15) is 0 Å². The van der Waals surface area contributed by atoms with Gasteiger partial charge in [0, 0.05) is 22.5 Å². The first-order chi connectivity index (χ1) is 7.18. The van der Waals surface area contributed by atoms with Gasteiger partial charge in [-0.05, 0) is 37.6 Å². The largest absolute Gasteiger partial charge is 0.316 e. The molecule has 1 unspecified atom stereocenters. The zero-order valence-electron chi connectivity index (χ0n) is 8.72. The zero-order chi connectivity index (χ0) is 10.8. The number of hydrogen-bond donors (Lipinski definition) is 1. The number of benzene rings is 1. The van der Waals surface area contributed by atoms with Gasteiger partial charge in [-0.15, -0.1) is 0 Å². The summed E-state index contributed by atoms with van der Waals surface area (Å²) in [5.41, 5.74) is 1.92. The Morgan fingerprint density at radius 3 is 3.00 bits per heavy atom. The summed E-state index contributed by atoms with van der Waals surface area (Å²) in [6, 6.07) is 5.88. The molecule has 1 fully saturated rings. The second-order valence-corrected chi connectivity index (χ2v) is 4.93. The van der Waals surface area contributed by atoms with E-state index in [2.05, 4.69) is 21.2 Å². The minimum Gasteiger partial charge on any atom is -0.316 e. The molecule has 1 atom stereocenters. The van der Waals surface area contributed by atoms with Crippen LogP contribution in [0.5, 0.6) is 0 Å². The van der Waals surface area contributed by atoms with E-state index in [1.165, 1.54) is 0 Å². The number of rotatable bonds is 2. The maximum atomic E-state index is 12.2. The van der Waals surface area contributed by atoms with Crippen LogP contribution < -0.4 is 5.32 Å². The number of halogens is 1. The maximum absolute atomic E-state index is 12.2. The van der Waals surface area contributed by atoms with E-state index in [1.807, 2.05) is 25.1 Å². The first-order valence-electron chi connectivity index (χ1n) is 5.19. The molecule has 0 radical (unpaired) electrons. The monoisotopic (exact) mass is 267 g/mol. The quantitative estimate of drug-likeness (QED) is 0.835. The van der Waals surface area contributed by atoms with Crippen LogP contribution in [0.3, 0.4) is 0 Å². The zero-order valence-corrected chi connectivity index (χ0v) is 10.3. The first kappa shape index (κ1) is 10.8. The van der Waals surface area contributed by atoms with Crippen LogP contribution in [0.15, 0.2) is 22.7 Å². The highest BCUT2D eigenvalue weighted by Gasteiger charge is 2.24. The van der Waals surface area contributed by atoms with Crippen molar-refractivity contribution in [1.29, 1.82) is 0 Å². The Hall–Kier alpha value is -0.670. The first-order valence-corrected chi connectivity index (χ1v) is 5.99. The SMILES string of the molecule is Cc1ccc(Br)cc1C(=O)C1CCNC1. The number of nitrogens with one attached hydrogen (secondary N) is 1. The van der Waals surface area contributed by atoms with Crippen molar-refractivity contribution in [2.45, 2.75) is 13.3 Å². The van der Waals surface area contributed by atoms with Crippen LogP contribution in [0.4, 0.5) is 0 Å². The van der Waals surface area contributed by atoms with Gasteiger partial charge in [0.15, 0.2) is 5.78 Å². The molecule has 1 aromatic rings. The summed E-state index contributed by atoms with van der Waals surface area (Å²) in [7, 11) is 0. The predicted octanol–water partition coefficient (Wildman–Crippen LogP) is 2.55. The van der Waals surface area contributed by atoms with Gasteiger partial charge in [-0.1, -0.05) is 22.0 Å². The fraction of sp³-hybridized carbons (Fsp3) is 0.417. The lowest BCUT2D eigenvalue weighted by atomic mass is 9.94. The number of hydrogen-bond acceptors (Lipinski definition) is 2. The summed E-state index contributed by atoms with van der Waals surface area (Å²) in [5, 5.41) is 3.22. The topological polar surface area (TPSA) is 29.1 Å². The molecule has 1 N–H and O–H groups in total. The van der Waals surface area contributed by atoms with Crippen LogP contribution in [0.2, 0.25) is 0 Å². The Bertz CT molecular complexity index is 383. The summed E-state index contributed by atoms with van der Waals surface area (Å²) in [4.78, 5) is 12.2. The maximum Gasteiger partial charge on any atom is 0.167 e. The molecule has 0 aliphatic carbocycles. The summed E-state index contributed by atoms with van der Waals surface area (Å²) < 4.78 is 0.974. The van der Waals surface area contributed by atoms with E-state index in [0.717, 1.165) is 35.1 Å². The lowest BCUT2D eigenvalue weighted by molar-refractivity contribution is 0.0929. The third-order valence-electron chi connectivity index (χ3n) is 2.90. The second kappa shape index (κ2) is 4.45. The number of carbonyl (C=O) groups excluding carboxylic acids is 1. The molecule has 3 heteroatoms. The van der Waals surface area contributed by atoms with E-state index in [0.29, 0.717) is 0 Å². The van der Waals surface area contributed by atoms with Gasteiger partial charge in [-0.3, -0.25) is 4.79 Å². The lowest BCUT2D eigenvalue weighted by Gasteiger charge is -2.10. The Labute approximate surface area is 98.2 Å². The highest BCUT2D eigenvalue weighted by Crippen LogP contribution is 2.21. The average Bonchev–Trinajstić information content (AvgIpc) is 2.74. The molecule has 2 nitrogen and oxygen atoms in total. The predicted molar refractivity (Wildman–Crippen MR) is 64.2 cm³/mol. The molecule has 80 valence electrons. The second-order valence-electron chi connectivity index (χ2n) is 4.01. The standard InChI is InChI=1S/C12H14BrNO/c1-8-2-3-10(13)6-11(8)12(15)9-4-5-14-7-9/h2-3,6,9,14H,4-5,7H2,1H3. The van der Waals surface area contributed by atoms with E-state index in [-0.39, 0.29) is 11.7 Å². The Kier molecular flexibility index (Phi) is 3.22. The van der Waals surface area contributed by atoms with E-state index < -0.39 is 0 Å². The molecule has 1 heterocycles. The minimum atomic E-state index is 0.165. The van der Waals surface area contributed by atoms with Crippen LogP contribution in [0.1, 0.15) is 22.3 Å². The smallest absolute Gasteiger partial charge is 0.167 e. The van der Waals surface area contributed by atoms with Crippen molar-refractivity contribution in [3.8, 4) is 0 Å². The third kappa shape index (κ3) is 2.29. The Balaban J connectivity index is 2.27. The van der Waals surface area contributed by atoms with Crippen molar-refractivity contribution in [2.24, 2.45) is 5.92 Å². The Morgan fingerprint density at radius 2 is 2.33 bits per heavy atom. The summed E-state index contributed by atoms with van der Waals surface area (Å²) in [6.07, 6.45) is 0.963. The lowest BCUT2D eigenvalue weighted by Crippen LogP contribution is -2.18. The van der Waals surface area contributed by atoms with Gasteiger partial charge < -0.3 is 5.32 Å². The normalized spacial score (nSPS) is 20.5. The number of aryl methyl sites for hydroxylation is 1. The van der Waals surface area contributed by atoms with E-state index in [9.17, 15) is 4.79 Å². The van der Waals surface area contributed by atoms with Gasteiger partial charge in [0.1, 0.15) is 0 Å². The molecule has 0 aromatic heterocycles. The molecule has 1 saturated heterocycles. The van der Waals surface area contributed by atoms with E-state index in [4.69, 9.17) is 0 Å². The summed E-state index contributed by atoms with van der Waals surface area (Å²) >= 11 is 3.41. The molecular weight excluding hydrogens is 254 g/mol. The molecule has 0 spiro atoms. The minimum absolute atomic E-state index is 0.165.